The van der Waals surface area contributed by atoms with Gasteiger partial charge in [-0.3, -0.25) is 4.90 Å². The molecule has 0 spiro atoms. The van der Waals surface area contributed by atoms with Crippen LogP contribution < -0.4 is 20.1 Å². The van der Waals surface area contributed by atoms with Gasteiger partial charge in [0.25, 0.3) is 0 Å². The van der Waals surface area contributed by atoms with Crippen molar-refractivity contribution in [2.45, 2.75) is 0 Å². The van der Waals surface area contributed by atoms with Crippen LogP contribution in [0.3, 0.4) is 0 Å². The third-order valence-electron chi connectivity index (χ3n) is 4.19. The van der Waals surface area contributed by atoms with Crippen LogP contribution in [0.5, 0.6) is 11.5 Å². The molecule has 0 saturated carbocycles. The van der Waals surface area contributed by atoms with Crippen LogP contribution in [-0.2, 0) is 4.74 Å². The first kappa shape index (κ1) is 16.8. The Balaban J connectivity index is 1.33. The Labute approximate surface area is 151 Å². The fraction of sp³-hybridized carbons (Fsp3) is 0.471. The molecule has 3 heterocycles. The molecule has 26 heavy (non-hydrogen) atoms. The molecule has 2 N–H and O–H groups in total. The van der Waals surface area contributed by atoms with Crippen LogP contribution in [0.15, 0.2) is 24.4 Å². The summed E-state index contributed by atoms with van der Waals surface area (Å²) in [7, 11) is 0. The van der Waals surface area contributed by atoms with Crippen molar-refractivity contribution in [2.24, 2.45) is 0 Å². The van der Waals surface area contributed by atoms with Crippen LogP contribution in [0.2, 0.25) is 0 Å². The van der Waals surface area contributed by atoms with E-state index in [1.807, 2.05) is 18.2 Å². The number of aromatic nitrogens is 3. The molecule has 4 rings (SSSR count). The maximum Gasteiger partial charge on any atom is 0.244 e. The SMILES string of the molecule is c1cc2c(cc1Nc1cnnc(NCCN3CCOCC3)n1)OCCO2. The highest BCUT2D eigenvalue weighted by Gasteiger charge is 2.12. The number of ether oxygens (including phenoxy) is 3. The molecular weight excluding hydrogens is 336 g/mol. The fourth-order valence-corrected chi connectivity index (χ4v) is 2.86. The highest BCUT2D eigenvalue weighted by Crippen LogP contribution is 2.33. The van der Waals surface area contributed by atoms with Crippen LogP contribution in [0.1, 0.15) is 0 Å². The third-order valence-corrected chi connectivity index (χ3v) is 4.19. The highest BCUT2D eigenvalue weighted by atomic mass is 16.6. The smallest absolute Gasteiger partial charge is 0.244 e. The Morgan fingerprint density at radius 2 is 1.88 bits per heavy atom. The Morgan fingerprint density at radius 3 is 2.77 bits per heavy atom. The van der Waals surface area contributed by atoms with Gasteiger partial charge in [0.2, 0.25) is 5.95 Å². The quantitative estimate of drug-likeness (QED) is 0.788. The minimum Gasteiger partial charge on any atom is -0.486 e. The van der Waals surface area contributed by atoms with E-state index >= 15 is 0 Å². The van der Waals surface area contributed by atoms with E-state index in [0.29, 0.717) is 25.0 Å². The standard InChI is InChI=1S/C17H22N6O3/c1-2-14-15(26-10-9-25-14)11-13(1)20-16-12-19-22-17(21-16)18-3-4-23-5-7-24-8-6-23/h1-2,11-12H,3-10H2,(H2,18,20,21,22). The summed E-state index contributed by atoms with van der Waals surface area (Å²) in [5.74, 6) is 2.60. The summed E-state index contributed by atoms with van der Waals surface area (Å²) in [6.07, 6.45) is 1.59. The molecule has 0 radical (unpaired) electrons. The van der Waals surface area contributed by atoms with Crippen molar-refractivity contribution in [3.8, 4) is 11.5 Å². The van der Waals surface area contributed by atoms with Crippen molar-refractivity contribution in [3.63, 3.8) is 0 Å². The van der Waals surface area contributed by atoms with Gasteiger partial charge in [-0.25, -0.2) is 0 Å². The predicted octanol–water partition coefficient (Wildman–Crippen LogP) is 1.13. The lowest BCUT2D eigenvalue weighted by molar-refractivity contribution is 0.0398. The second kappa shape index (κ2) is 8.15. The molecule has 0 unspecified atom stereocenters. The summed E-state index contributed by atoms with van der Waals surface area (Å²) < 4.78 is 16.5. The Morgan fingerprint density at radius 1 is 1.04 bits per heavy atom. The molecule has 1 fully saturated rings. The van der Waals surface area contributed by atoms with E-state index in [1.165, 1.54) is 0 Å². The molecule has 2 aliphatic rings. The monoisotopic (exact) mass is 358 g/mol. The molecule has 2 aromatic rings. The molecule has 0 bridgehead atoms. The molecule has 0 atom stereocenters. The summed E-state index contributed by atoms with van der Waals surface area (Å²) in [6, 6.07) is 5.69. The van der Waals surface area contributed by atoms with Gasteiger partial charge >= 0.3 is 0 Å². The van der Waals surface area contributed by atoms with E-state index in [1.54, 1.807) is 6.20 Å². The number of rotatable bonds is 6. The van der Waals surface area contributed by atoms with Gasteiger partial charge < -0.3 is 24.8 Å². The number of nitrogens with one attached hydrogen (secondary N) is 2. The van der Waals surface area contributed by atoms with Gasteiger partial charge in [-0.1, -0.05) is 0 Å². The van der Waals surface area contributed by atoms with Crippen LogP contribution in [0.25, 0.3) is 0 Å². The maximum absolute atomic E-state index is 5.60. The van der Waals surface area contributed by atoms with Crippen LogP contribution >= 0.6 is 0 Å². The minimum atomic E-state index is 0.501. The van der Waals surface area contributed by atoms with Crippen molar-refractivity contribution in [3.05, 3.63) is 24.4 Å². The van der Waals surface area contributed by atoms with Crippen LogP contribution in [0, 0.1) is 0 Å². The van der Waals surface area contributed by atoms with Gasteiger partial charge in [-0.05, 0) is 12.1 Å². The van der Waals surface area contributed by atoms with Crippen LogP contribution in [-0.4, -0.2) is 72.7 Å². The molecule has 1 aromatic heterocycles. The highest BCUT2D eigenvalue weighted by molar-refractivity contribution is 5.61. The average molecular weight is 358 g/mol. The Bertz CT molecular complexity index is 738. The number of hydrogen-bond acceptors (Lipinski definition) is 9. The molecule has 138 valence electrons. The number of hydrogen-bond donors (Lipinski definition) is 2. The summed E-state index contributed by atoms with van der Waals surface area (Å²) >= 11 is 0. The molecule has 0 aliphatic carbocycles. The lowest BCUT2D eigenvalue weighted by Gasteiger charge is -2.26. The normalized spacial score (nSPS) is 16.9. The zero-order valence-electron chi connectivity index (χ0n) is 14.5. The lowest BCUT2D eigenvalue weighted by atomic mass is 10.2. The number of benzene rings is 1. The molecule has 1 aromatic carbocycles. The number of morpholine rings is 1. The summed E-state index contributed by atoms with van der Waals surface area (Å²) in [6.45, 7) is 6.35. The number of nitrogens with zero attached hydrogens (tertiary/aromatic N) is 4. The Hall–Kier alpha value is -2.65. The van der Waals surface area contributed by atoms with Gasteiger partial charge in [0.1, 0.15) is 13.2 Å². The van der Waals surface area contributed by atoms with Crippen molar-refractivity contribution in [1.82, 2.24) is 20.1 Å². The summed E-state index contributed by atoms with van der Waals surface area (Å²) in [5.41, 5.74) is 0.856. The van der Waals surface area contributed by atoms with Crippen molar-refractivity contribution in [1.29, 1.82) is 0 Å². The zero-order valence-corrected chi connectivity index (χ0v) is 14.5. The lowest BCUT2D eigenvalue weighted by Crippen LogP contribution is -2.39. The van der Waals surface area contributed by atoms with E-state index in [0.717, 1.165) is 56.6 Å². The van der Waals surface area contributed by atoms with Gasteiger partial charge in [0.15, 0.2) is 17.3 Å². The summed E-state index contributed by atoms with van der Waals surface area (Å²) in [4.78, 5) is 6.80. The van der Waals surface area contributed by atoms with E-state index in [2.05, 4.69) is 30.7 Å². The minimum absolute atomic E-state index is 0.501. The van der Waals surface area contributed by atoms with E-state index in [9.17, 15) is 0 Å². The topological polar surface area (TPSA) is 93.7 Å². The average Bonchev–Trinajstić information content (AvgIpc) is 2.69. The van der Waals surface area contributed by atoms with Gasteiger partial charge in [-0.15, -0.1) is 5.10 Å². The second-order valence-corrected chi connectivity index (χ2v) is 6.03. The summed E-state index contributed by atoms with van der Waals surface area (Å²) in [5, 5.41) is 14.5. The molecule has 2 aliphatic heterocycles. The second-order valence-electron chi connectivity index (χ2n) is 6.03. The van der Waals surface area contributed by atoms with Gasteiger partial charge in [0, 0.05) is 37.9 Å². The first-order valence-corrected chi connectivity index (χ1v) is 8.77. The van der Waals surface area contributed by atoms with Crippen LogP contribution in [0.4, 0.5) is 17.5 Å². The maximum atomic E-state index is 5.60. The molecule has 9 nitrogen and oxygen atoms in total. The van der Waals surface area contributed by atoms with Crippen molar-refractivity contribution < 1.29 is 14.2 Å². The Kier molecular flexibility index (Phi) is 5.27. The zero-order chi connectivity index (χ0) is 17.6. The van der Waals surface area contributed by atoms with Gasteiger partial charge in [-0.2, -0.15) is 10.1 Å². The van der Waals surface area contributed by atoms with Crippen molar-refractivity contribution >= 4 is 17.5 Å². The third kappa shape index (κ3) is 4.30. The number of anilines is 3. The van der Waals surface area contributed by atoms with E-state index < -0.39 is 0 Å². The molecular formula is C17H22N6O3. The first-order valence-electron chi connectivity index (χ1n) is 8.77. The van der Waals surface area contributed by atoms with E-state index in [4.69, 9.17) is 14.2 Å². The van der Waals surface area contributed by atoms with E-state index in [-0.39, 0.29) is 0 Å². The molecule has 9 heteroatoms. The fourth-order valence-electron chi connectivity index (χ4n) is 2.86. The van der Waals surface area contributed by atoms with Gasteiger partial charge in [0.05, 0.1) is 19.4 Å². The van der Waals surface area contributed by atoms with Crippen molar-refractivity contribution in [2.75, 3.05) is 63.2 Å². The number of fused-ring (bicyclic) bond motifs is 1. The molecule has 1 saturated heterocycles. The largest absolute Gasteiger partial charge is 0.486 e. The first-order chi connectivity index (χ1) is 12.9. The molecule has 0 amide bonds. The predicted molar refractivity (Wildman–Crippen MR) is 96.3 cm³/mol.